The molecule has 0 aliphatic heterocycles. The Morgan fingerprint density at radius 3 is 2.87 bits per heavy atom. The van der Waals surface area contributed by atoms with Gasteiger partial charge in [0.15, 0.2) is 5.96 Å². The number of nitrogens with one attached hydrogen (secondary N) is 2. The second-order valence-corrected chi connectivity index (χ2v) is 5.08. The van der Waals surface area contributed by atoms with Crippen molar-refractivity contribution in [3.05, 3.63) is 42.4 Å². The molecule has 6 nitrogen and oxygen atoms in total. The van der Waals surface area contributed by atoms with E-state index in [1.807, 2.05) is 31.5 Å². The Morgan fingerprint density at radius 1 is 1.35 bits per heavy atom. The number of guanidine groups is 1. The summed E-state index contributed by atoms with van der Waals surface area (Å²) in [6, 6.07) is 3.81. The lowest BCUT2D eigenvalue weighted by Crippen LogP contribution is -2.37. The molecule has 128 valence electrons. The molecule has 0 saturated carbocycles. The molecule has 2 aromatic heterocycles. The highest BCUT2D eigenvalue weighted by molar-refractivity contribution is 14.0. The van der Waals surface area contributed by atoms with Crippen molar-refractivity contribution in [2.45, 2.75) is 39.8 Å². The Morgan fingerprint density at radius 2 is 2.22 bits per heavy atom. The monoisotopic (exact) mass is 431 g/mol. The van der Waals surface area contributed by atoms with Gasteiger partial charge in [0.05, 0.1) is 6.26 Å². The summed E-state index contributed by atoms with van der Waals surface area (Å²) in [5.41, 5.74) is 0. The van der Waals surface area contributed by atoms with Crippen molar-refractivity contribution in [2.24, 2.45) is 4.99 Å². The fourth-order valence-electron chi connectivity index (χ4n) is 2.16. The molecule has 2 heterocycles. The van der Waals surface area contributed by atoms with Gasteiger partial charge in [-0.1, -0.05) is 0 Å². The van der Waals surface area contributed by atoms with Gasteiger partial charge in [-0.25, -0.2) is 9.98 Å². The molecule has 0 unspecified atom stereocenters. The summed E-state index contributed by atoms with van der Waals surface area (Å²) in [6.07, 6.45) is 7.74. The first-order valence-electron chi connectivity index (χ1n) is 7.82. The summed E-state index contributed by atoms with van der Waals surface area (Å²) < 4.78 is 7.46. The molecule has 0 fully saturated rings. The predicted molar refractivity (Wildman–Crippen MR) is 103 cm³/mol. The van der Waals surface area contributed by atoms with Gasteiger partial charge in [-0.15, -0.1) is 24.0 Å². The molecule has 0 amide bonds. The van der Waals surface area contributed by atoms with Crippen LogP contribution < -0.4 is 10.6 Å². The molecule has 0 aromatic carbocycles. The van der Waals surface area contributed by atoms with Crippen molar-refractivity contribution >= 4 is 29.9 Å². The average molecular weight is 431 g/mol. The van der Waals surface area contributed by atoms with Crippen LogP contribution in [-0.2, 0) is 13.1 Å². The maximum Gasteiger partial charge on any atom is 0.191 e. The largest absolute Gasteiger partial charge is 0.467 e. The van der Waals surface area contributed by atoms with Gasteiger partial charge in [0.2, 0.25) is 0 Å². The lowest BCUT2D eigenvalue weighted by Gasteiger charge is -2.11. The lowest BCUT2D eigenvalue weighted by molar-refractivity contribution is 0.511. The summed E-state index contributed by atoms with van der Waals surface area (Å²) in [4.78, 5) is 8.73. The topological polar surface area (TPSA) is 67.4 Å². The van der Waals surface area contributed by atoms with Crippen molar-refractivity contribution in [2.75, 3.05) is 13.1 Å². The van der Waals surface area contributed by atoms with Crippen molar-refractivity contribution in [1.82, 2.24) is 20.2 Å². The number of rotatable bonds is 8. The van der Waals surface area contributed by atoms with Crippen molar-refractivity contribution in [1.29, 1.82) is 0 Å². The van der Waals surface area contributed by atoms with E-state index in [-0.39, 0.29) is 24.0 Å². The van der Waals surface area contributed by atoms with E-state index in [0.29, 0.717) is 6.54 Å². The van der Waals surface area contributed by atoms with E-state index in [1.54, 1.807) is 6.26 Å². The number of imidazole rings is 1. The second kappa shape index (κ2) is 11.1. The summed E-state index contributed by atoms with van der Waals surface area (Å²) >= 11 is 0. The number of hydrogen-bond acceptors (Lipinski definition) is 3. The Kier molecular flexibility index (Phi) is 9.42. The molecule has 2 rings (SSSR count). The first kappa shape index (κ1) is 19.5. The molecule has 7 heteroatoms. The fourth-order valence-corrected chi connectivity index (χ4v) is 2.16. The van der Waals surface area contributed by atoms with E-state index >= 15 is 0 Å². The molecule has 2 N–H and O–H groups in total. The standard InChI is InChI=1S/C16H25N5O.HI/c1-3-17-16(20-13-15-7-6-12-22-15)19-8-4-5-10-21-11-9-18-14(21)2;/h6-7,9,11-12H,3-5,8,10,13H2,1-2H3,(H2,17,19,20);1H. The van der Waals surface area contributed by atoms with Gasteiger partial charge in [-0.3, -0.25) is 0 Å². The highest BCUT2D eigenvalue weighted by Crippen LogP contribution is 2.01. The summed E-state index contributed by atoms with van der Waals surface area (Å²) in [6.45, 7) is 7.40. The minimum atomic E-state index is 0. The summed E-state index contributed by atoms with van der Waals surface area (Å²) in [7, 11) is 0. The fraction of sp³-hybridized carbons (Fsp3) is 0.500. The van der Waals surface area contributed by atoms with Crippen LogP contribution in [0.3, 0.4) is 0 Å². The Hall–Kier alpha value is -1.51. The number of aryl methyl sites for hydroxylation is 2. The number of aromatic nitrogens is 2. The van der Waals surface area contributed by atoms with Crippen LogP contribution in [-0.4, -0.2) is 28.6 Å². The van der Waals surface area contributed by atoms with Gasteiger partial charge in [0, 0.05) is 32.0 Å². The van der Waals surface area contributed by atoms with E-state index in [2.05, 4.69) is 32.1 Å². The van der Waals surface area contributed by atoms with Crippen molar-refractivity contribution in [3.8, 4) is 0 Å². The third kappa shape index (κ3) is 7.06. The molecule has 0 radical (unpaired) electrons. The van der Waals surface area contributed by atoms with Crippen LogP contribution in [0.1, 0.15) is 31.4 Å². The lowest BCUT2D eigenvalue weighted by atomic mass is 10.3. The van der Waals surface area contributed by atoms with Crippen LogP contribution in [0.25, 0.3) is 0 Å². The molecule has 0 bridgehead atoms. The number of furan rings is 1. The Bertz CT molecular complexity index is 565. The molecular weight excluding hydrogens is 405 g/mol. The first-order valence-corrected chi connectivity index (χ1v) is 7.82. The third-order valence-electron chi connectivity index (χ3n) is 3.36. The number of unbranched alkanes of at least 4 members (excludes halogenated alkanes) is 1. The number of nitrogens with zero attached hydrogens (tertiary/aromatic N) is 3. The molecule has 0 atom stereocenters. The quantitative estimate of drug-likeness (QED) is 0.292. The zero-order chi connectivity index (χ0) is 15.6. The molecule has 0 aliphatic carbocycles. The third-order valence-corrected chi connectivity index (χ3v) is 3.36. The smallest absolute Gasteiger partial charge is 0.191 e. The van der Waals surface area contributed by atoms with Gasteiger partial charge >= 0.3 is 0 Å². The molecule has 23 heavy (non-hydrogen) atoms. The predicted octanol–water partition coefficient (Wildman–Crippen LogP) is 2.94. The minimum Gasteiger partial charge on any atom is -0.467 e. The second-order valence-electron chi connectivity index (χ2n) is 5.08. The van der Waals surface area contributed by atoms with Gasteiger partial charge in [0.25, 0.3) is 0 Å². The first-order chi connectivity index (χ1) is 10.8. The number of aliphatic imine (C=N–C) groups is 1. The maximum atomic E-state index is 5.29. The van der Waals surface area contributed by atoms with Gasteiger partial charge in [-0.2, -0.15) is 0 Å². The zero-order valence-corrected chi connectivity index (χ0v) is 16.1. The van der Waals surface area contributed by atoms with Gasteiger partial charge in [-0.05, 0) is 38.8 Å². The van der Waals surface area contributed by atoms with Crippen LogP contribution in [0.2, 0.25) is 0 Å². The van der Waals surface area contributed by atoms with Crippen LogP contribution >= 0.6 is 24.0 Å². The Labute approximate surface area is 154 Å². The van der Waals surface area contributed by atoms with E-state index < -0.39 is 0 Å². The maximum absolute atomic E-state index is 5.29. The van der Waals surface area contributed by atoms with Crippen LogP contribution in [0.15, 0.2) is 40.2 Å². The molecule has 0 saturated heterocycles. The average Bonchev–Trinajstić information content (AvgIpc) is 3.16. The van der Waals surface area contributed by atoms with Crippen LogP contribution in [0.5, 0.6) is 0 Å². The summed E-state index contributed by atoms with van der Waals surface area (Å²) in [5, 5.41) is 6.59. The number of halogens is 1. The van der Waals surface area contributed by atoms with Crippen LogP contribution in [0.4, 0.5) is 0 Å². The van der Waals surface area contributed by atoms with E-state index in [4.69, 9.17) is 4.42 Å². The molecule has 0 spiro atoms. The molecular formula is C16H26IN5O. The summed E-state index contributed by atoms with van der Waals surface area (Å²) in [5.74, 6) is 2.77. The Balaban J connectivity index is 0.00000264. The molecule has 0 aliphatic rings. The SMILES string of the molecule is CCNC(=NCc1ccco1)NCCCCn1ccnc1C.I. The highest BCUT2D eigenvalue weighted by atomic mass is 127. The minimum absolute atomic E-state index is 0. The van der Waals surface area contributed by atoms with E-state index in [1.165, 1.54) is 0 Å². The zero-order valence-electron chi connectivity index (χ0n) is 13.8. The van der Waals surface area contributed by atoms with E-state index in [9.17, 15) is 0 Å². The molecule has 2 aromatic rings. The van der Waals surface area contributed by atoms with Crippen molar-refractivity contribution < 1.29 is 4.42 Å². The van der Waals surface area contributed by atoms with E-state index in [0.717, 1.165) is 50.0 Å². The highest BCUT2D eigenvalue weighted by Gasteiger charge is 2.00. The van der Waals surface area contributed by atoms with Gasteiger partial charge in [0.1, 0.15) is 18.1 Å². The van der Waals surface area contributed by atoms with Crippen LogP contribution in [0, 0.1) is 6.92 Å². The number of hydrogen-bond donors (Lipinski definition) is 2. The van der Waals surface area contributed by atoms with Gasteiger partial charge < -0.3 is 19.6 Å². The normalized spacial score (nSPS) is 11.1. The van der Waals surface area contributed by atoms with Crippen molar-refractivity contribution in [3.63, 3.8) is 0 Å².